The first-order valence-electron chi connectivity index (χ1n) is 3.88. The predicted molar refractivity (Wildman–Crippen MR) is 52.5 cm³/mol. The average molecular weight is 191 g/mol. The average Bonchev–Trinajstić information content (AvgIpc) is 2.20. The lowest BCUT2D eigenvalue weighted by atomic mass is 10.1. The molecule has 0 saturated heterocycles. The Morgan fingerprint density at radius 2 is 1.77 bits per heavy atom. The van der Waals surface area contributed by atoms with Crippen LogP contribution in [0.3, 0.4) is 0 Å². The van der Waals surface area contributed by atoms with E-state index in [1.165, 1.54) is 6.33 Å². The highest BCUT2D eigenvalue weighted by Gasteiger charge is 1.96. The van der Waals surface area contributed by atoms with Crippen LogP contribution in [0.2, 0.25) is 5.02 Å². The summed E-state index contributed by atoms with van der Waals surface area (Å²) in [6.07, 6.45) is 3.25. The molecule has 1 heterocycles. The maximum atomic E-state index is 5.77. The maximum Gasteiger partial charge on any atom is 0.116 e. The zero-order chi connectivity index (χ0) is 9.10. The summed E-state index contributed by atoms with van der Waals surface area (Å²) in [5, 5.41) is 0.734. The van der Waals surface area contributed by atoms with E-state index < -0.39 is 0 Å². The van der Waals surface area contributed by atoms with Gasteiger partial charge in [-0.05, 0) is 18.2 Å². The molecule has 0 amide bonds. The van der Waals surface area contributed by atoms with Crippen LogP contribution in [0.5, 0.6) is 0 Å². The van der Waals surface area contributed by atoms with Crippen LogP contribution in [0.1, 0.15) is 0 Å². The monoisotopic (exact) mass is 190 g/mol. The number of rotatable bonds is 1. The molecule has 2 nitrogen and oxygen atoms in total. The van der Waals surface area contributed by atoms with Crippen molar-refractivity contribution in [2.24, 2.45) is 0 Å². The van der Waals surface area contributed by atoms with E-state index >= 15 is 0 Å². The van der Waals surface area contributed by atoms with Gasteiger partial charge in [0.05, 0.1) is 5.69 Å². The van der Waals surface area contributed by atoms with Crippen LogP contribution >= 0.6 is 11.6 Å². The molecule has 1 aromatic heterocycles. The van der Waals surface area contributed by atoms with Crippen LogP contribution in [-0.2, 0) is 0 Å². The zero-order valence-corrected chi connectivity index (χ0v) is 7.57. The van der Waals surface area contributed by atoms with Crippen LogP contribution in [-0.4, -0.2) is 9.97 Å². The van der Waals surface area contributed by atoms with Gasteiger partial charge in [0.1, 0.15) is 6.33 Å². The van der Waals surface area contributed by atoms with E-state index in [1.54, 1.807) is 6.20 Å². The lowest BCUT2D eigenvalue weighted by Crippen LogP contribution is -1.82. The molecule has 0 fully saturated rings. The minimum absolute atomic E-state index is 0.734. The van der Waals surface area contributed by atoms with Crippen molar-refractivity contribution in [3.05, 3.63) is 47.9 Å². The Balaban J connectivity index is 2.42. The fraction of sp³-hybridized carbons (Fsp3) is 0. The normalized spacial score (nSPS) is 9.92. The molecule has 0 spiro atoms. The molecule has 0 atom stereocenters. The molecule has 0 bridgehead atoms. The molecule has 0 aliphatic rings. The molecule has 0 N–H and O–H groups in total. The Bertz CT molecular complexity index is 383. The van der Waals surface area contributed by atoms with Crippen molar-refractivity contribution in [2.45, 2.75) is 0 Å². The van der Waals surface area contributed by atoms with E-state index in [-0.39, 0.29) is 0 Å². The van der Waals surface area contributed by atoms with Crippen molar-refractivity contribution in [3.63, 3.8) is 0 Å². The van der Waals surface area contributed by atoms with Crippen LogP contribution in [0.15, 0.2) is 42.9 Å². The first-order valence-corrected chi connectivity index (χ1v) is 4.26. The lowest BCUT2D eigenvalue weighted by molar-refractivity contribution is 1.17. The second-order valence-electron chi connectivity index (χ2n) is 2.60. The van der Waals surface area contributed by atoms with E-state index in [1.807, 2.05) is 30.3 Å². The van der Waals surface area contributed by atoms with Crippen molar-refractivity contribution in [3.8, 4) is 11.3 Å². The van der Waals surface area contributed by atoms with Crippen molar-refractivity contribution >= 4 is 11.6 Å². The number of aromatic nitrogens is 2. The lowest BCUT2D eigenvalue weighted by Gasteiger charge is -1.98. The highest BCUT2D eigenvalue weighted by molar-refractivity contribution is 6.30. The Morgan fingerprint density at radius 3 is 2.38 bits per heavy atom. The summed E-state index contributed by atoms with van der Waals surface area (Å²) in [7, 11) is 0. The Labute approximate surface area is 81.2 Å². The van der Waals surface area contributed by atoms with E-state index in [9.17, 15) is 0 Å². The van der Waals surface area contributed by atoms with Gasteiger partial charge in [0.2, 0.25) is 0 Å². The minimum Gasteiger partial charge on any atom is -0.245 e. The number of halogens is 1. The molecular weight excluding hydrogens is 184 g/mol. The number of nitrogens with zero attached hydrogens (tertiary/aromatic N) is 2. The van der Waals surface area contributed by atoms with E-state index in [0.29, 0.717) is 0 Å². The molecule has 3 heteroatoms. The van der Waals surface area contributed by atoms with Crippen LogP contribution in [0.25, 0.3) is 11.3 Å². The largest absolute Gasteiger partial charge is 0.245 e. The zero-order valence-electron chi connectivity index (χ0n) is 6.81. The molecule has 0 unspecified atom stereocenters. The summed E-state index contributed by atoms with van der Waals surface area (Å²) in [5.41, 5.74) is 1.96. The molecule has 0 radical (unpaired) electrons. The molecule has 64 valence electrons. The molecule has 0 aliphatic heterocycles. The van der Waals surface area contributed by atoms with Crippen molar-refractivity contribution in [1.29, 1.82) is 0 Å². The quantitative estimate of drug-likeness (QED) is 0.691. The van der Waals surface area contributed by atoms with Gasteiger partial charge in [-0.1, -0.05) is 23.7 Å². The highest BCUT2D eigenvalue weighted by atomic mass is 35.5. The summed E-state index contributed by atoms with van der Waals surface area (Å²) in [5.74, 6) is 0. The minimum atomic E-state index is 0.734. The fourth-order valence-electron chi connectivity index (χ4n) is 1.08. The van der Waals surface area contributed by atoms with Crippen molar-refractivity contribution < 1.29 is 0 Å². The topological polar surface area (TPSA) is 25.8 Å². The van der Waals surface area contributed by atoms with Crippen molar-refractivity contribution in [1.82, 2.24) is 9.97 Å². The molecule has 0 saturated carbocycles. The number of hydrogen-bond acceptors (Lipinski definition) is 2. The van der Waals surface area contributed by atoms with Gasteiger partial charge in [0.15, 0.2) is 0 Å². The van der Waals surface area contributed by atoms with Crippen LogP contribution in [0.4, 0.5) is 0 Å². The smallest absolute Gasteiger partial charge is 0.116 e. The van der Waals surface area contributed by atoms with Crippen LogP contribution < -0.4 is 0 Å². The summed E-state index contributed by atoms with van der Waals surface area (Å²) < 4.78 is 0. The summed E-state index contributed by atoms with van der Waals surface area (Å²) in [6.45, 7) is 0. The molecule has 13 heavy (non-hydrogen) atoms. The third-order valence-corrected chi connectivity index (χ3v) is 1.97. The second-order valence-corrected chi connectivity index (χ2v) is 3.04. The number of hydrogen-bond donors (Lipinski definition) is 0. The van der Waals surface area contributed by atoms with E-state index in [0.717, 1.165) is 16.3 Å². The van der Waals surface area contributed by atoms with Gasteiger partial charge >= 0.3 is 0 Å². The Hall–Kier alpha value is -1.41. The summed E-state index contributed by atoms with van der Waals surface area (Å²) in [4.78, 5) is 7.98. The van der Waals surface area contributed by atoms with Gasteiger partial charge in [-0.3, -0.25) is 0 Å². The maximum absolute atomic E-state index is 5.77. The Morgan fingerprint density at radius 1 is 1.00 bits per heavy atom. The SMILES string of the molecule is Clc1ccc(-c2ccncn2)cc1. The molecule has 1 aromatic carbocycles. The first-order chi connectivity index (χ1) is 6.36. The van der Waals surface area contributed by atoms with Crippen molar-refractivity contribution in [2.75, 3.05) is 0 Å². The molecule has 0 aliphatic carbocycles. The highest BCUT2D eigenvalue weighted by Crippen LogP contribution is 2.18. The van der Waals surface area contributed by atoms with Gasteiger partial charge in [0.25, 0.3) is 0 Å². The molecular formula is C10H7ClN2. The van der Waals surface area contributed by atoms with E-state index in [4.69, 9.17) is 11.6 Å². The van der Waals surface area contributed by atoms with Gasteiger partial charge in [-0.25, -0.2) is 9.97 Å². The third-order valence-electron chi connectivity index (χ3n) is 1.72. The molecule has 2 rings (SSSR count). The van der Waals surface area contributed by atoms with Gasteiger partial charge < -0.3 is 0 Å². The summed E-state index contributed by atoms with van der Waals surface area (Å²) in [6, 6.07) is 9.43. The second kappa shape index (κ2) is 3.54. The fourth-order valence-corrected chi connectivity index (χ4v) is 1.21. The Kier molecular flexibility index (Phi) is 2.23. The first kappa shape index (κ1) is 8.20. The number of benzene rings is 1. The van der Waals surface area contributed by atoms with E-state index in [2.05, 4.69) is 9.97 Å². The standard InChI is InChI=1S/C10H7ClN2/c11-9-3-1-8(2-4-9)10-5-6-12-7-13-10/h1-7H. The van der Waals surface area contributed by atoms with Gasteiger partial charge in [-0.2, -0.15) is 0 Å². The third kappa shape index (κ3) is 1.84. The summed E-state index contributed by atoms with van der Waals surface area (Å²) >= 11 is 5.77. The predicted octanol–water partition coefficient (Wildman–Crippen LogP) is 2.80. The van der Waals surface area contributed by atoms with Gasteiger partial charge in [0, 0.05) is 16.8 Å². The molecule has 2 aromatic rings. The van der Waals surface area contributed by atoms with Gasteiger partial charge in [-0.15, -0.1) is 0 Å². The van der Waals surface area contributed by atoms with Crippen LogP contribution in [0, 0.1) is 0 Å².